The number of hydrogen-bond acceptors (Lipinski definition) is 7. The van der Waals surface area contributed by atoms with Crippen molar-refractivity contribution in [3.05, 3.63) is 119 Å². The minimum Gasteiger partial charge on any atom is -0.491 e. The average Bonchev–Trinajstić information content (AvgIpc) is 3.26. The minimum atomic E-state index is -0.770. The molecule has 1 aromatic heterocycles. The highest BCUT2D eigenvalue weighted by Gasteiger charge is 2.35. The van der Waals surface area contributed by atoms with E-state index in [1.807, 2.05) is 62.4 Å². The Hall–Kier alpha value is -2.39. The van der Waals surface area contributed by atoms with E-state index in [1.165, 1.54) is 11.3 Å². The molecule has 0 amide bonds. The molecule has 234 valence electrons. The number of benzene rings is 3. The second-order valence-electron chi connectivity index (χ2n) is 10.3. The predicted octanol–water partition coefficient (Wildman–Crippen LogP) is 7.68. The summed E-state index contributed by atoms with van der Waals surface area (Å²) in [4.78, 5) is 32.6. The molecule has 0 unspecified atom stereocenters. The molecule has 3 aromatic carbocycles. The summed E-state index contributed by atoms with van der Waals surface area (Å²) in [5.74, 6) is 0.789. The van der Waals surface area contributed by atoms with E-state index in [2.05, 4.69) is 45.2 Å². The van der Waals surface area contributed by atoms with Crippen LogP contribution in [-0.4, -0.2) is 23.2 Å². The molecule has 0 aliphatic carbocycles. The van der Waals surface area contributed by atoms with Crippen molar-refractivity contribution in [2.75, 3.05) is 6.61 Å². The zero-order valence-electron chi connectivity index (χ0n) is 24.7. The molecule has 0 saturated heterocycles. The number of carbonyl (C=O) groups is 1. The first kappa shape index (κ1) is 34.0. The van der Waals surface area contributed by atoms with Crippen LogP contribution in [0.3, 0.4) is 0 Å². The molecule has 12 heteroatoms. The van der Waals surface area contributed by atoms with Gasteiger partial charge in [0.15, 0.2) is 4.80 Å². The van der Waals surface area contributed by atoms with Crippen LogP contribution in [0.25, 0.3) is 6.08 Å². The van der Waals surface area contributed by atoms with Crippen LogP contribution < -0.4 is 24.4 Å². The number of carbonyl (C=O) groups excluding carboxylic acids is 1. The van der Waals surface area contributed by atoms with Gasteiger partial charge >= 0.3 is 5.97 Å². The van der Waals surface area contributed by atoms with Gasteiger partial charge in [-0.15, -0.1) is 0 Å². The minimum absolute atomic E-state index is 0.113. The van der Waals surface area contributed by atoms with Crippen LogP contribution in [0.15, 0.2) is 75.7 Å². The molecule has 1 atom stereocenters. The topological polar surface area (TPSA) is 79.1 Å². The van der Waals surface area contributed by atoms with Crippen molar-refractivity contribution in [2.24, 2.45) is 4.99 Å². The van der Waals surface area contributed by atoms with Crippen molar-refractivity contribution >= 4 is 91.8 Å². The molecule has 5 rings (SSSR count). The SMILES string of the molecule is CCOC(=O)C1=C(C)N=c2s/c(=C/c3cc(I)c(OCc4ccc(Cl)cc4Cl)c(I)c3)c(=O)n2[C@@H]1c1ccccc1OC(C)C. The van der Waals surface area contributed by atoms with Crippen LogP contribution in [0.1, 0.15) is 50.4 Å². The Kier molecular flexibility index (Phi) is 11.0. The Bertz CT molecular complexity index is 1980. The molecular formula is C33H28Cl2I2N2O5S. The molecule has 45 heavy (non-hydrogen) atoms. The van der Waals surface area contributed by atoms with Crippen LogP contribution in [0.4, 0.5) is 0 Å². The number of esters is 1. The number of aromatic nitrogens is 1. The van der Waals surface area contributed by atoms with E-state index in [1.54, 1.807) is 30.5 Å². The maximum atomic E-state index is 14.1. The number of hydrogen-bond donors (Lipinski definition) is 0. The smallest absolute Gasteiger partial charge is 0.338 e. The molecule has 7 nitrogen and oxygen atoms in total. The zero-order valence-corrected chi connectivity index (χ0v) is 31.3. The van der Waals surface area contributed by atoms with E-state index in [0.717, 1.165) is 24.0 Å². The summed E-state index contributed by atoms with van der Waals surface area (Å²) in [6.45, 7) is 7.86. The third kappa shape index (κ3) is 7.45. The van der Waals surface area contributed by atoms with Crippen LogP contribution in [0.5, 0.6) is 11.5 Å². The van der Waals surface area contributed by atoms with Crippen molar-refractivity contribution in [3.63, 3.8) is 0 Å². The van der Waals surface area contributed by atoms with Crippen molar-refractivity contribution in [2.45, 2.75) is 46.4 Å². The fraction of sp³-hybridized carbons (Fsp3) is 0.242. The van der Waals surface area contributed by atoms with E-state index < -0.39 is 12.0 Å². The summed E-state index contributed by atoms with van der Waals surface area (Å²) in [5.41, 5.74) is 2.87. The lowest BCUT2D eigenvalue weighted by molar-refractivity contribution is -0.139. The molecule has 0 N–H and O–H groups in total. The summed E-state index contributed by atoms with van der Waals surface area (Å²) >= 11 is 18.1. The van der Waals surface area contributed by atoms with E-state index in [4.69, 9.17) is 42.4 Å². The van der Waals surface area contributed by atoms with Gasteiger partial charge in [0.05, 0.1) is 35.7 Å². The lowest BCUT2D eigenvalue weighted by Gasteiger charge is -2.26. The molecule has 0 radical (unpaired) electrons. The van der Waals surface area contributed by atoms with E-state index in [-0.39, 0.29) is 24.9 Å². The monoisotopic (exact) mass is 888 g/mol. The molecular weight excluding hydrogens is 861 g/mol. The number of ether oxygens (including phenoxy) is 3. The van der Waals surface area contributed by atoms with Crippen molar-refractivity contribution in [1.29, 1.82) is 0 Å². The normalized spacial score (nSPS) is 14.8. The van der Waals surface area contributed by atoms with Gasteiger partial charge in [0.25, 0.3) is 5.56 Å². The summed E-state index contributed by atoms with van der Waals surface area (Å²) in [6, 6.07) is 15.9. The van der Waals surface area contributed by atoms with Crippen LogP contribution in [0.2, 0.25) is 10.0 Å². The van der Waals surface area contributed by atoms with E-state index in [0.29, 0.717) is 42.0 Å². The number of rotatable bonds is 9. The number of halogens is 4. The van der Waals surface area contributed by atoms with E-state index in [9.17, 15) is 9.59 Å². The van der Waals surface area contributed by atoms with Crippen LogP contribution >= 0.6 is 79.7 Å². The number of fused-ring (bicyclic) bond motifs is 1. The highest BCUT2D eigenvalue weighted by molar-refractivity contribution is 14.1. The zero-order chi connectivity index (χ0) is 32.4. The summed E-state index contributed by atoms with van der Waals surface area (Å²) < 4.78 is 21.5. The van der Waals surface area contributed by atoms with Crippen LogP contribution in [0, 0.1) is 7.14 Å². The first-order valence-corrected chi connectivity index (χ1v) is 17.7. The lowest BCUT2D eigenvalue weighted by atomic mass is 9.95. The van der Waals surface area contributed by atoms with Crippen LogP contribution in [-0.2, 0) is 16.1 Å². The fourth-order valence-corrected chi connectivity index (χ4v) is 8.53. The molecule has 4 aromatic rings. The largest absolute Gasteiger partial charge is 0.491 e. The Balaban J connectivity index is 1.58. The quantitative estimate of drug-likeness (QED) is 0.127. The molecule has 2 heterocycles. The van der Waals surface area contributed by atoms with Gasteiger partial charge in [0, 0.05) is 21.2 Å². The van der Waals surface area contributed by atoms with Gasteiger partial charge in [0.1, 0.15) is 24.1 Å². The summed E-state index contributed by atoms with van der Waals surface area (Å²) in [5, 5.41) is 1.10. The van der Waals surface area contributed by atoms with Gasteiger partial charge in [-0.3, -0.25) is 9.36 Å². The maximum Gasteiger partial charge on any atom is 0.338 e. The van der Waals surface area contributed by atoms with Gasteiger partial charge < -0.3 is 14.2 Å². The first-order valence-electron chi connectivity index (χ1n) is 14.0. The highest BCUT2D eigenvalue weighted by atomic mass is 127. The Morgan fingerprint density at radius 3 is 2.49 bits per heavy atom. The molecule has 1 aliphatic heterocycles. The molecule has 0 saturated carbocycles. The summed E-state index contributed by atoms with van der Waals surface area (Å²) in [6.07, 6.45) is 1.73. The van der Waals surface area contributed by atoms with Crippen molar-refractivity contribution in [1.82, 2.24) is 4.57 Å². The predicted molar refractivity (Wildman–Crippen MR) is 195 cm³/mol. The molecule has 1 aliphatic rings. The molecule has 0 spiro atoms. The number of nitrogens with zero attached hydrogens (tertiary/aromatic N) is 2. The van der Waals surface area contributed by atoms with Gasteiger partial charge in [-0.05, 0) is 115 Å². The fourth-order valence-electron chi connectivity index (χ4n) is 4.89. The Morgan fingerprint density at radius 1 is 1.11 bits per heavy atom. The number of para-hydroxylation sites is 1. The van der Waals surface area contributed by atoms with Gasteiger partial charge in [0.2, 0.25) is 0 Å². The second-order valence-corrected chi connectivity index (χ2v) is 14.5. The first-order chi connectivity index (χ1) is 21.5. The van der Waals surface area contributed by atoms with E-state index >= 15 is 0 Å². The Morgan fingerprint density at radius 2 is 1.82 bits per heavy atom. The third-order valence-corrected chi connectivity index (χ3v) is 9.97. The van der Waals surface area contributed by atoms with Crippen molar-refractivity contribution < 1.29 is 19.0 Å². The second kappa shape index (κ2) is 14.6. The third-order valence-electron chi connectivity index (χ3n) is 6.80. The summed E-state index contributed by atoms with van der Waals surface area (Å²) in [7, 11) is 0. The lowest BCUT2D eigenvalue weighted by Crippen LogP contribution is -2.40. The Labute approximate surface area is 301 Å². The molecule has 0 bridgehead atoms. The van der Waals surface area contributed by atoms with Gasteiger partial charge in [-0.2, -0.15) is 0 Å². The maximum absolute atomic E-state index is 14.1. The number of allylic oxidation sites excluding steroid dienone is 1. The standard InChI is InChI=1S/C33H28Cl2I2N2O5S/c1-5-42-32(41)28-18(4)38-33-39(29(28)22-8-6-7-9-26(22)44-17(2)3)31(40)27(45-33)14-19-12-24(36)30(25(37)13-19)43-16-20-10-11-21(34)15-23(20)35/h6-15,17,29H,5,16H2,1-4H3/b27-14+/t29-/m1/s1. The van der Waals surface area contributed by atoms with Gasteiger partial charge in [-0.1, -0.05) is 58.8 Å². The molecule has 0 fully saturated rings. The van der Waals surface area contributed by atoms with Crippen molar-refractivity contribution in [3.8, 4) is 11.5 Å². The highest BCUT2D eigenvalue weighted by Crippen LogP contribution is 2.36. The average molecular weight is 889 g/mol. The van der Waals surface area contributed by atoms with Gasteiger partial charge in [-0.25, -0.2) is 9.79 Å². The number of thiazole rings is 1.